The number of likely N-dealkylation sites (tertiary alicyclic amines) is 1. The minimum Gasteiger partial charge on any atom is -0.489 e. The van der Waals surface area contributed by atoms with Crippen molar-refractivity contribution in [1.29, 1.82) is 0 Å². The number of thioether (sulfide) groups is 1. The number of benzene rings is 3. The van der Waals surface area contributed by atoms with Gasteiger partial charge in [-0.15, -0.1) is 11.8 Å². The van der Waals surface area contributed by atoms with E-state index in [-0.39, 0.29) is 17.7 Å². The monoisotopic (exact) mass is 684 g/mol. The third-order valence-electron chi connectivity index (χ3n) is 10.0. The van der Waals surface area contributed by atoms with Crippen molar-refractivity contribution in [3.05, 3.63) is 99.6 Å². The predicted molar refractivity (Wildman–Crippen MR) is 181 cm³/mol. The van der Waals surface area contributed by atoms with Gasteiger partial charge in [-0.05, 0) is 90.9 Å². The minimum atomic E-state index is -1.30. The zero-order valence-corrected chi connectivity index (χ0v) is 28.4. The van der Waals surface area contributed by atoms with Crippen LogP contribution in [0.5, 0.6) is 5.75 Å². The van der Waals surface area contributed by atoms with Crippen LogP contribution >= 0.6 is 11.8 Å². The molecule has 0 saturated carbocycles. The summed E-state index contributed by atoms with van der Waals surface area (Å²) in [5.74, 6) is -0.181. The molecule has 8 nitrogen and oxygen atoms in total. The molecule has 11 heteroatoms. The van der Waals surface area contributed by atoms with Gasteiger partial charge in [-0.1, -0.05) is 37.3 Å². The van der Waals surface area contributed by atoms with E-state index in [1.54, 1.807) is 6.26 Å². The van der Waals surface area contributed by atoms with Crippen LogP contribution < -0.4 is 10.5 Å². The van der Waals surface area contributed by atoms with Crippen molar-refractivity contribution >= 4 is 11.8 Å². The average Bonchev–Trinajstić information content (AvgIpc) is 3.55. The van der Waals surface area contributed by atoms with Gasteiger partial charge in [0.25, 0.3) is 0 Å². The van der Waals surface area contributed by atoms with Crippen molar-refractivity contribution in [3.63, 3.8) is 0 Å². The van der Waals surface area contributed by atoms with E-state index >= 15 is 0 Å². The predicted octanol–water partition coefficient (Wildman–Crippen LogP) is 4.58. The summed E-state index contributed by atoms with van der Waals surface area (Å²) in [6.07, 6.45) is -0.306. The first kappa shape index (κ1) is 35.2. The van der Waals surface area contributed by atoms with Crippen molar-refractivity contribution in [2.75, 3.05) is 26.0 Å². The van der Waals surface area contributed by atoms with Crippen LogP contribution in [0.3, 0.4) is 0 Å². The van der Waals surface area contributed by atoms with Crippen LogP contribution in [0.1, 0.15) is 65.4 Å². The molecule has 5 N–H and O–H groups in total. The Morgan fingerprint density at radius 2 is 1.79 bits per heavy atom. The van der Waals surface area contributed by atoms with Gasteiger partial charge in [0.05, 0.1) is 6.61 Å². The van der Waals surface area contributed by atoms with E-state index in [1.807, 2.05) is 31.2 Å². The van der Waals surface area contributed by atoms with Crippen molar-refractivity contribution < 1.29 is 38.3 Å². The molecule has 3 aliphatic rings. The van der Waals surface area contributed by atoms with Crippen LogP contribution in [0, 0.1) is 18.6 Å². The Kier molecular flexibility index (Phi) is 11.1. The highest BCUT2D eigenvalue weighted by atomic mass is 32.2. The molecule has 0 amide bonds. The molecule has 2 unspecified atom stereocenters. The van der Waals surface area contributed by atoms with Crippen LogP contribution in [0.15, 0.2) is 54.6 Å². The molecule has 48 heavy (non-hydrogen) atoms. The second-order valence-corrected chi connectivity index (χ2v) is 14.2. The number of hydrogen-bond donors (Lipinski definition) is 4. The second kappa shape index (κ2) is 15.1. The summed E-state index contributed by atoms with van der Waals surface area (Å²) in [5.41, 5.74) is 11.2. The molecular formula is C37H46F2N2O6S. The number of ether oxygens (including phenoxy) is 3. The van der Waals surface area contributed by atoms with Gasteiger partial charge >= 0.3 is 0 Å². The molecule has 3 aromatic carbocycles. The molecule has 3 aliphatic heterocycles. The van der Waals surface area contributed by atoms with Crippen molar-refractivity contribution in [2.24, 2.45) is 5.73 Å². The third-order valence-corrected chi connectivity index (χ3v) is 10.9. The SMILES string of the molecule is CCc1ccc([C@@H]2OC(SC)[C@@H](O)[C@H](O)[C@H]2O)cc1Cc1ccc(O[C@@H]2CCN(C3CO[C@H](c4cc(F)ccc4F)[C@@H](N)C3)C2)c(C)c1. The van der Waals surface area contributed by atoms with Crippen molar-refractivity contribution in [3.8, 4) is 5.75 Å². The number of nitrogens with two attached hydrogens (primary N) is 1. The zero-order chi connectivity index (χ0) is 34.1. The lowest BCUT2D eigenvalue weighted by Gasteiger charge is -2.40. The van der Waals surface area contributed by atoms with E-state index in [4.69, 9.17) is 19.9 Å². The molecule has 3 heterocycles. The fraction of sp³-hybridized carbons (Fsp3) is 0.514. The van der Waals surface area contributed by atoms with E-state index in [9.17, 15) is 24.1 Å². The smallest absolute Gasteiger partial charge is 0.132 e. The first-order chi connectivity index (χ1) is 23.1. The summed E-state index contributed by atoms with van der Waals surface area (Å²) in [6.45, 7) is 6.11. The van der Waals surface area contributed by atoms with E-state index in [2.05, 4.69) is 24.0 Å². The zero-order valence-electron chi connectivity index (χ0n) is 27.6. The molecule has 6 rings (SSSR count). The van der Waals surface area contributed by atoms with Gasteiger partial charge in [0.1, 0.15) is 59.4 Å². The molecule has 3 aromatic rings. The summed E-state index contributed by atoms with van der Waals surface area (Å²) in [7, 11) is 0. The topological polar surface area (TPSA) is 118 Å². The summed E-state index contributed by atoms with van der Waals surface area (Å²) in [5, 5.41) is 31.5. The van der Waals surface area contributed by atoms with E-state index in [0.717, 1.165) is 66.1 Å². The van der Waals surface area contributed by atoms with Gasteiger partial charge in [-0.25, -0.2) is 8.78 Å². The molecule has 260 valence electrons. The molecule has 0 spiro atoms. The Morgan fingerprint density at radius 1 is 0.979 bits per heavy atom. The fourth-order valence-corrected chi connectivity index (χ4v) is 8.01. The number of aliphatic hydroxyl groups excluding tert-OH is 3. The molecule has 0 aromatic heterocycles. The maximum atomic E-state index is 14.4. The highest BCUT2D eigenvalue weighted by molar-refractivity contribution is 7.99. The van der Waals surface area contributed by atoms with Gasteiger partial charge in [-0.2, -0.15) is 0 Å². The first-order valence-corrected chi connectivity index (χ1v) is 18.0. The lowest BCUT2D eigenvalue weighted by atomic mass is 9.90. The summed E-state index contributed by atoms with van der Waals surface area (Å²) < 4.78 is 46.6. The Labute approximate surface area is 285 Å². The minimum absolute atomic E-state index is 0.00781. The number of hydrogen-bond acceptors (Lipinski definition) is 9. The largest absolute Gasteiger partial charge is 0.489 e. The highest BCUT2D eigenvalue weighted by Gasteiger charge is 2.44. The summed E-state index contributed by atoms with van der Waals surface area (Å²) in [6, 6.07) is 15.3. The van der Waals surface area contributed by atoms with Gasteiger partial charge in [-0.3, -0.25) is 4.90 Å². The Morgan fingerprint density at radius 3 is 2.52 bits per heavy atom. The number of aliphatic hydroxyl groups is 3. The van der Waals surface area contributed by atoms with Gasteiger partial charge in [0.2, 0.25) is 0 Å². The number of nitrogens with zero attached hydrogens (tertiary/aromatic N) is 1. The van der Waals surface area contributed by atoms with Crippen molar-refractivity contribution in [2.45, 2.75) is 93.7 Å². The molecule has 0 aliphatic carbocycles. The van der Waals surface area contributed by atoms with Crippen molar-refractivity contribution in [1.82, 2.24) is 4.90 Å². The number of aryl methyl sites for hydroxylation is 2. The van der Waals surface area contributed by atoms with Gasteiger partial charge in [0.15, 0.2) is 0 Å². The fourth-order valence-electron chi connectivity index (χ4n) is 7.34. The molecule has 0 radical (unpaired) electrons. The second-order valence-electron chi connectivity index (χ2n) is 13.3. The molecule has 3 saturated heterocycles. The van der Waals surface area contributed by atoms with Gasteiger partial charge < -0.3 is 35.3 Å². The summed E-state index contributed by atoms with van der Waals surface area (Å²) >= 11 is 1.30. The third kappa shape index (κ3) is 7.44. The molecule has 0 bridgehead atoms. The van der Waals surface area contributed by atoms with E-state index < -0.39 is 53.6 Å². The lowest BCUT2D eigenvalue weighted by molar-refractivity contribution is -0.200. The van der Waals surface area contributed by atoms with E-state index in [1.165, 1.54) is 23.4 Å². The quantitative estimate of drug-likeness (QED) is 0.257. The van der Waals surface area contributed by atoms with Crippen LogP contribution in [0.25, 0.3) is 0 Å². The highest BCUT2D eigenvalue weighted by Crippen LogP contribution is 2.37. The average molecular weight is 685 g/mol. The molecule has 9 atom stereocenters. The maximum absolute atomic E-state index is 14.4. The van der Waals surface area contributed by atoms with Crippen LogP contribution in [0.4, 0.5) is 8.78 Å². The molecular weight excluding hydrogens is 638 g/mol. The Hall–Kier alpha value is -2.61. The summed E-state index contributed by atoms with van der Waals surface area (Å²) in [4.78, 5) is 2.32. The maximum Gasteiger partial charge on any atom is 0.132 e. The van der Waals surface area contributed by atoms with Crippen LogP contribution in [0.2, 0.25) is 0 Å². The Balaban J connectivity index is 1.07. The first-order valence-electron chi connectivity index (χ1n) is 16.7. The molecule has 3 fully saturated rings. The van der Waals surface area contributed by atoms with E-state index in [0.29, 0.717) is 19.4 Å². The normalized spacial score (nSPS) is 31.2. The standard InChI is InChI=1S/C37H46F2N2O6S/c1-4-22-6-7-23(35-33(43)32(42)34(44)37(47-35)48-3)15-24(22)14-21-5-10-31(20(2)13-21)46-27-11-12-41(18-27)26-17-30(40)36(45-19-26)28-16-25(38)8-9-29(28)39/h5-10,13,15-16,26-27,30,32-37,42-44H,4,11-12,14,17-19,40H2,1-3H3/t26?,27-,30+,32-,33-,34+,35+,36-,37?/m1/s1. The number of rotatable bonds is 9. The number of halogens is 2. The van der Waals surface area contributed by atoms with Crippen LogP contribution in [-0.2, 0) is 22.3 Å². The lowest BCUT2D eigenvalue weighted by Crippen LogP contribution is -2.52. The van der Waals surface area contributed by atoms with Crippen LogP contribution in [-0.4, -0.2) is 88.1 Å². The van der Waals surface area contributed by atoms with Gasteiger partial charge in [0, 0.05) is 30.7 Å². The Bertz CT molecular complexity index is 1580.